The molecule has 1 aromatic carbocycles. The van der Waals surface area contributed by atoms with E-state index in [1.165, 1.54) is 6.07 Å². The van der Waals surface area contributed by atoms with Crippen molar-refractivity contribution in [2.75, 3.05) is 6.54 Å². The first kappa shape index (κ1) is 13.5. The van der Waals surface area contributed by atoms with Gasteiger partial charge in [-0.3, -0.25) is 4.79 Å². The van der Waals surface area contributed by atoms with Crippen LogP contribution in [0.25, 0.3) is 0 Å². The minimum atomic E-state index is -0.308. The number of carbonyl (C=O) groups excluding carboxylic acids is 1. The van der Waals surface area contributed by atoms with Gasteiger partial charge in [0.05, 0.1) is 10.5 Å². The van der Waals surface area contributed by atoms with Crippen LogP contribution in [0.5, 0.6) is 0 Å². The Hall–Kier alpha value is -0.940. The van der Waals surface area contributed by atoms with Gasteiger partial charge < -0.3 is 10.6 Å². The summed E-state index contributed by atoms with van der Waals surface area (Å²) in [4.78, 5) is 13.7. The molecule has 2 N–H and O–H groups in total. The van der Waals surface area contributed by atoms with E-state index in [0.29, 0.717) is 23.9 Å². The number of hydrogen-bond donors (Lipinski definition) is 1. The zero-order chi connectivity index (χ0) is 13.3. The van der Waals surface area contributed by atoms with Crippen molar-refractivity contribution in [3.63, 3.8) is 0 Å². The monoisotopic (exact) mass is 314 g/mol. The van der Waals surface area contributed by atoms with Gasteiger partial charge in [0.2, 0.25) is 5.91 Å². The highest BCUT2D eigenvalue weighted by Crippen LogP contribution is 2.32. The highest BCUT2D eigenvalue weighted by atomic mass is 79.9. The van der Waals surface area contributed by atoms with E-state index in [0.717, 1.165) is 5.56 Å². The van der Waals surface area contributed by atoms with Gasteiger partial charge in [0, 0.05) is 19.0 Å². The summed E-state index contributed by atoms with van der Waals surface area (Å²) < 4.78 is 13.7. The molecule has 1 fully saturated rings. The minimum absolute atomic E-state index is 0.0972. The summed E-state index contributed by atoms with van der Waals surface area (Å²) in [7, 11) is 0. The number of piperidine rings is 1. The van der Waals surface area contributed by atoms with Crippen LogP contribution in [0.2, 0.25) is 0 Å². The number of likely N-dealkylation sites (tertiary alicyclic amines) is 1. The molecule has 0 saturated carbocycles. The van der Waals surface area contributed by atoms with Crippen molar-refractivity contribution in [1.29, 1.82) is 0 Å². The van der Waals surface area contributed by atoms with Gasteiger partial charge in [-0.2, -0.15) is 0 Å². The lowest BCUT2D eigenvalue weighted by atomic mass is 9.90. The minimum Gasteiger partial charge on any atom is -0.334 e. The van der Waals surface area contributed by atoms with Gasteiger partial charge in [0.15, 0.2) is 0 Å². The molecule has 0 aliphatic carbocycles. The maximum absolute atomic E-state index is 13.3. The molecule has 98 valence electrons. The zero-order valence-corrected chi connectivity index (χ0v) is 11.8. The van der Waals surface area contributed by atoms with Gasteiger partial charge >= 0.3 is 0 Å². The van der Waals surface area contributed by atoms with Gasteiger partial charge in [-0.25, -0.2) is 4.39 Å². The van der Waals surface area contributed by atoms with Crippen molar-refractivity contribution >= 4 is 21.8 Å². The van der Waals surface area contributed by atoms with Crippen molar-refractivity contribution in [3.05, 3.63) is 34.1 Å². The van der Waals surface area contributed by atoms with Crippen LogP contribution in [-0.2, 0) is 4.79 Å². The van der Waals surface area contributed by atoms with Crippen LogP contribution in [0.1, 0.15) is 31.4 Å². The van der Waals surface area contributed by atoms with E-state index in [1.54, 1.807) is 17.0 Å². The highest BCUT2D eigenvalue weighted by Gasteiger charge is 2.34. The average Bonchev–Trinajstić information content (AvgIpc) is 2.35. The second-order valence-corrected chi connectivity index (χ2v) is 5.36. The molecule has 2 unspecified atom stereocenters. The Bertz CT molecular complexity index is 466. The Kier molecular flexibility index (Phi) is 4.02. The van der Waals surface area contributed by atoms with Crippen LogP contribution in [0.15, 0.2) is 22.7 Å². The number of hydrogen-bond acceptors (Lipinski definition) is 2. The molecule has 2 atom stereocenters. The summed E-state index contributed by atoms with van der Waals surface area (Å²) in [6, 6.07) is 4.56. The fourth-order valence-corrected chi connectivity index (χ4v) is 2.87. The number of benzene rings is 1. The van der Waals surface area contributed by atoms with Crippen molar-refractivity contribution < 1.29 is 9.18 Å². The zero-order valence-electron chi connectivity index (χ0n) is 10.2. The molecule has 1 heterocycles. The molecule has 5 heteroatoms. The molecule has 1 amide bonds. The van der Waals surface area contributed by atoms with Crippen LogP contribution < -0.4 is 5.73 Å². The second kappa shape index (κ2) is 5.36. The van der Waals surface area contributed by atoms with Gasteiger partial charge in [-0.1, -0.05) is 6.07 Å². The molecule has 0 radical (unpaired) electrons. The summed E-state index contributed by atoms with van der Waals surface area (Å²) in [5, 5.41) is 0. The third kappa shape index (κ3) is 2.42. The van der Waals surface area contributed by atoms with E-state index in [1.807, 2.05) is 6.92 Å². The largest absolute Gasteiger partial charge is 0.334 e. The molecule has 2 rings (SSSR count). The van der Waals surface area contributed by atoms with E-state index >= 15 is 0 Å². The molecule has 0 bridgehead atoms. The number of rotatable bonds is 2. The molecular weight excluding hydrogens is 299 g/mol. The van der Waals surface area contributed by atoms with Gasteiger partial charge in [0.25, 0.3) is 0 Å². The van der Waals surface area contributed by atoms with Crippen LogP contribution in [0, 0.1) is 5.82 Å². The molecule has 3 nitrogen and oxygen atoms in total. The average molecular weight is 315 g/mol. The predicted octanol–water partition coefficient (Wildman–Crippen LogP) is 2.60. The number of carbonyl (C=O) groups is 1. The predicted molar refractivity (Wildman–Crippen MR) is 71.4 cm³/mol. The van der Waals surface area contributed by atoms with Crippen molar-refractivity contribution in [2.24, 2.45) is 5.73 Å². The van der Waals surface area contributed by atoms with Crippen molar-refractivity contribution in [1.82, 2.24) is 4.90 Å². The lowest BCUT2D eigenvalue weighted by Gasteiger charge is -2.39. The molecule has 0 spiro atoms. The summed E-state index contributed by atoms with van der Waals surface area (Å²) in [5.41, 5.74) is 7.00. The van der Waals surface area contributed by atoms with Crippen LogP contribution >= 0.6 is 15.9 Å². The van der Waals surface area contributed by atoms with Gasteiger partial charge in [-0.15, -0.1) is 0 Å². The third-order valence-corrected chi connectivity index (χ3v) is 3.99. The Morgan fingerprint density at radius 1 is 1.56 bits per heavy atom. The van der Waals surface area contributed by atoms with Crippen LogP contribution in [-0.4, -0.2) is 23.4 Å². The summed E-state index contributed by atoms with van der Waals surface area (Å²) in [5.74, 6) is -0.192. The van der Waals surface area contributed by atoms with Crippen LogP contribution in [0.4, 0.5) is 4.39 Å². The first-order valence-corrected chi connectivity index (χ1v) is 6.84. The maximum atomic E-state index is 13.3. The standard InChI is InChI=1S/C13H16BrFN2O/c1-2-17-12(18)6-5-11(16)13(17)8-3-4-10(15)9(14)7-8/h3-4,7,11,13H,2,5-6,16H2,1H3. The smallest absolute Gasteiger partial charge is 0.223 e. The molecule has 0 aromatic heterocycles. The first-order chi connectivity index (χ1) is 8.54. The fraction of sp³-hybridized carbons (Fsp3) is 0.462. The molecule has 1 aromatic rings. The Balaban J connectivity index is 2.38. The summed E-state index contributed by atoms with van der Waals surface area (Å²) in [6.07, 6.45) is 1.17. The normalized spacial score (nSPS) is 24.4. The number of amides is 1. The second-order valence-electron chi connectivity index (χ2n) is 4.50. The maximum Gasteiger partial charge on any atom is 0.223 e. The molecule has 18 heavy (non-hydrogen) atoms. The number of nitrogens with two attached hydrogens (primary N) is 1. The lowest BCUT2D eigenvalue weighted by molar-refractivity contribution is -0.137. The number of likely N-dealkylation sites (N-methyl/N-ethyl adjacent to an activating group) is 1. The van der Waals surface area contributed by atoms with E-state index in [2.05, 4.69) is 15.9 Å². The third-order valence-electron chi connectivity index (χ3n) is 3.38. The summed E-state index contributed by atoms with van der Waals surface area (Å²) >= 11 is 3.17. The molecule has 1 saturated heterocycles. The lowest BCUT2D eigenvalue weighted by Crippen LogP contribution is -2.48. The van der Waals surface area contributed by atoms with E-state index in [9.17, 15) is 9.18 Å². The Morgan fingerprint density at radius 2 is 2.28 bits per heavy atom. The van der Waals surface area contributed by atoms with Gasteiger partial charge in [-0.05, 0) is 47.0 Å². The summed E-state index contributed by atoms with van der Waals surface area (Å²) in [6.45, 7) is 2.55. The highest BCUT2D eigenvalue weighted by molar-refractivity contribution is 9.10. The molecular formula is C13H16BrFN2O. The number of halogens is 2. The first-order valence-electron chi connectivity index (χ1n) is 6.04. The Morgan fingerprint density at radius 3 is 2.89 bits per heavy atom. The van der Waals surface area contributed by atoms with E-state index in [-0.39, 0.29) is 23.8 Å². The van der Waals surface area contributed by atoms with E-state index < -0.39 is 0 Å². The van der Waals surface area contributed by atoms with Crippen molar-refractivity contribution in [3.8, 4) is 0 Å². The van der Waals surface area contributed by atoms with Crippen LogP contribution in [0.3, 0.4) is 0 Å². The molecule has 1 aliphatic heterocycles. The fourth-order valence-electron chi connectivity index (χ4n) is 2.47. The van der Waals surface area contributed by atoms with Gasteiger partial charge in [0.1, 0.15) is 5.82 Å². The topological polar surface area (TPSA) is 46.3 Å². The Labute approximate surface area is 114 Å². The number of nitrogens with zero attached hydrogens (tertiary/aromatic N) is 1. The SMILES string of the molecule is CCN1C(=O)CCC(N)C1c1ccc(F)c(Br)c1. The molecule has 1 aliphatic rings. The van der Waals surface area contributed by atoms with E-state index in [4.69, 9.17) is 5.73 Å². The van der Waals surface area contributed by atoms with Crippen molar-refractivity contribution in [2.45, 2.75) is 31.8 Å². The quantitative estimate of drug-likeness (QED) is 0.912.